The summed E-state index contributed by atoms with van der Waals surface area (Å²) in [5, 5.41) is 0. The van der Waals surface area contributed by atoms with Gasteiger partial charge in [0.25, 0.3) is 0 Å². The van der Waals surface area contributed by atoms with Crippen LogP contribution in [0.1, 0.15) is 84.0 Å². The highest BCUT2D eigenvalue weighted by atomic mass is 19.3. The molecule has 37 heavy (non-hydrogen) atoms. The molecule has 0 N–H and O–H groups in total. The SMILES string of the molecule is C=CC(=O)N(C)CCOc1ccc(OC(F)(F)C2CCC(C3CCC(CCCCC)CC3)CC2)c(F)c1. The van der Waals surface area contributed by atoms with E-state index in [9.17, 15) is 18.0 Å². The molecule has 7 heteroatoms. The van der Waals surface area contributed by atoms with Crippen LogP contribution in [0.4, 0.5) is 13.2 Å². The van der Waals surface area contributed by atoms with Gasteiger partial charge in [-0.25, -0.2) is 4.39 Å². The molecule has 0 saturated heterocycles. The summed E-state index contributed by atoms with van der Waals surface area (Å²) < 4.78 is 54.9. The fraction of sp³-hybridized carbons (Fsp3) is 0.700. The van der Waals surface area contributed by atoms with Crippen LogP contribution in [0.25, 0.3) is 0 Å². The van der Waals surface area contributed by atoms with Gasteiger partial charge in [0, 0.05) is 13.1 Å². The number of likely N-dealkylation sites (N-methyl/N-ethyl adjacent to an activating group) is 1. The Morgan fingerprint density at radius 3 is 2.32 bits per heavy atom. The van der Waals surface area contributed by atoms with Crippen LogP contribution in [0.2, 0.25) is 0 Å². The van der Waals surface area contributed by atoms with Gasteiger partial charge in [0.15, 0.2) is 11.6 Å². The molecule has 0 spiro atoms. The van der Waals surface area contributed by atoms with Crippen molar-refractivity contribution < 1.29 is 27.4 Å². The normalized spacial score (nSPS) is 24.4. The van der Waals surface area contributed by atoms with Crippen molar-refractivity contribution in [1.82, 2.24) is 4.90 Å². The molecule has 0 aliphatic heterocycles. The van der Waals surface area contributed by atoms with Crippen LogP contribution >= 0.6 is 0 Å². The van der Waals surface area contributed by atoms with Crippen molar-refractivity contribution in [3.05, 3.63) is 36.7 Å². The van der Waals surface area contributed by atoms with Gasteiger partial charge in [0.2, 0.25) is 5.91 Å². The summed E-state index contributed by atoms with van der Waals surface area (Å²) in [5.41, 5.74) is 0. The number of hydrogen-bond donors (Lipinski definition) is 0. The van der Waals surface area contributed by atoms with Gasteiger partial charge in [-0.3, -0.25) is 4.79 Å². The molecule has 2 aliphatic carbocycles. The van der Waals surface area contributed by atoms with E-state index in [4.69, 9.17) is 9.47 Å². The Morgan fingerprint density at radius 1 is 1.08 bits per heavy atom. The summed E-state index contributed by atoms with van der Waals surface area (Å²) in [5.74, 6) is -0.283. The Bertz CT molecular complexity index is 862. The molecule has 0 unspecified atom stereocenters. The zero-order chi connectivity index (χ0) is 26.8. The van der Waals surface area contributed by atoms with E-state index in [1.807, 2.05) is 0 Å². The van der Waals surface area contributed by atoms with Crippen LogP contribution in [-0.4, -0.2) is 37.1 Å². The third-order valence-electron chi connectivity index (χ3n) is 8.42. The predicted octanol–water partition coefficient (Wildman–Crippen LogP) is 8.01. The standard InChI is InChI=1S/C30H44F3NO3/c1-4-6-7-8-22-9-11-23(12-10-22)24-13-15-25(16-14-24)30(32,33)37-28-18-17-26(21-27(28)31)36-20-19-34(3)29(35)5-2/h5,17-18,21-25H,2,4,6-16,19-20H2,1,3H3. The van der Waals surface area contributed by atoms with Crippen LogP contribution in [0.15, 0.2) is 30.9 Å². The van der Waals surface area contributed by atoms with E-state index in [2.05, 4.69) is 13.5 Å². The van der Waals surface area contributed by atoms with Gasteiger partial charge in [-0.2, -0.15) is 8.78 Å². The second-order valence-electron chi connectivity index (χ2n) is 11.0. The number of carbonyl (C=O) groups is 1. The summed E-state index contributed by atoms with van der Waals surface area (Å²) >= 11 is 0. The highest BCUT2D eigenvalue weighted by Crippen LogP contribution is 2.46. The first-order valence-electron chi connectivity index (χ1n) is 14.1. The maximum atomic E-state index is 15.0. The van der Waals surface area contributed by atoms with Crippen molar-refractivity contribution >= 4 is 5.91 Å². The molecule has 0 atom stereocenters. The third kappa shape index (κ3) is 8.68. The molecule has 2 aliphatic rings. The molecular weight excluding hydrogens is 479 g/mol. The maximum Gasteiger partial charge on any atom is 0.400 e. The van der Waals surface area contributed by atoms with Gasteiger partial charge >= 0.3 is 6.11 Å². The highest BCUT2D eigenvalue weighted by molar-refractivity contribution is 5.86. The lowest BCUT2D eigenvalue weighted by atomic mass is 9.68. The van der Waals surface area contributed by atoms with E-state index in [1.165, 1.54) is 74.5 Å². The van der Waals surface area contributed by atoms with Gasteiger partial charge in [-0.05, 0) is 74.5 Å². The third-order valence-corrected chi connectivity index (χ3v) is 8.42. The zero-order valence-electron chi connectivity index (χ0n) is 22.5. The van der Waals surface area contributed by atoms with Crippen LogP contribution in [0.3, 0.4) is 0 Å². The summed E-state index contributed by atoms with van der Waals surface area (Å²) in [4.78, 5) is 12.9. The van der Waals surface area contributed by atoms with Crippen LogP contribution < -0.4 is 9.47 Å². The Morgan fingerprint density at radius 2 is 1.73 bits per heavy atom. The number of nitrogens with zero attached hydrogens (tertiary/aromatic N) is 1. The number of hydrogen-bond acceptors (Lipinski definition) is 3. The Kier molecular flexibility index (Phi) is 11.2. The van der Waals surface area contributed by atoms with Crippen molar-refractivity contribution in [2.45, 2.75) is 90.1 Å². The fourth-order valence-electron chi connectivity index (χ4n) is 6.01. The molecular formula is C30H44F3NO3. The molecule has 1 aromatic carbocycles. The van der Waals surface area contributed by atoms with Crippen molar-refractivity contribution in [1.29, 1.82) is 0 Å². The largest absolute Gasteiger partial charge is 0.492 e. The molecule has 3 rings (SSSR count). The summed E-state index contributed by atoms with van der Waals surface area (Å²) in [6.07, 6.45) is 10.5. The molecule has 4 nitrogen and oxygen atoms in total. The lowest BCUT2D eigenvalue weighted by Crippen LogP contribution is -2.38. The Hall–Kier alpha value is -2.18. The quantitative estimate of drug-likeness (QED) is 0.194. The lowest BCUT2D eigenvalue weighted by molar-refractivity contribution is -0.225. The number of amides is 1. The van der Waals surface area contributed by atoms with Gasteiger partial charge in [-0.15, -0.1) is 0 Å². The molecule has 1 aromatic rings. The molecule has 0 aromatic heterocycles. The van der Waals surface area contributed by atoms with Crippen LogP contribution in [-0.2, 0) is 4.79 Å². The summed E-state index contributed by atoms with van der Waals surface area (Å²) in [6.45, 7) is 6.07. The smallest absolute Gasteiger partial charge is 0.400 e. The van der Waals surface area contributed by atoms with Gasteiger partial charge in [0.05, 0.1) is 12.5 Å². The molecule has 0 bridgehead atoms. The Labute approximate surface area is 220 Å². The molecule has 0 radical (unpaired) electrons. The zero-order valence-corrected chi connectivity index (χ0v) is 22.5. The number of unbranched alkanes of at least 4 members (excludes halogenated alkanes) is 2. The maximum absolute atomic E-state index is 15.0. The van der Waals surface area contributed by atoms with Crippen molar-refractivity contribution in [2.75, 3.05) is 20.2 Å². The molecule has 2 fully saturated rings. The van der Waals surface area contributed by atoms with E-state index in [-0.39, 0.29) is 24.8 Å². The monoisotopic (exact) mass is 523 g/mol. The van der Waals surface area contributed by atoms with Crippen LogP contribution in [0, 0.1) is 29.5 Å². The first-order chi connectivity index (χ1) is 17.7. The minimum atomic E-state index is -3.42. The van der Waals surface area contributed by atoms with Crippen molar-refractivity contribution in [3.8, 4) is 11.5 Å². The summed E-state index contributed by atoms with van der Waals surface area (Å²) in [6, 6.07) is 3.62. The van der Waals surface area contributed by atoms with Gasteiger partial charge in [0.1, 0.15) is 12.4 Å². The predicted molar refractivity (Wildman–Crippen MR) is 140 cm³/mol. The molecule has 0 heterocycles. The summed E-state index contributed by atoms with van der Waals surface area (Å²) in [7, 11) is 1.60. The van der Waals surface area contributed by atoms with E-state index < -0.39 is 23.6 Å². The number of carbonyl (C=O) groups excluding carboxylic acids is 1. The topological polar surface area (TPSA) is 38.8 Å². The second kappa shape index (κ2) is 14.1. The van der Waals surface area contributed by atoms with Crippen LogP contribution in [0.5, 0.6) is 11.5 Å². The number of halogens is 3. The minimum Gasteiger partial charge on any atom is -0.492 e. The molecule has 2 saturated carbocycles. The number of rotatable bonds is 13. The molecule has 208 valence electrons. The number of ether oxygens (including phenoxy) is 2. The number of alkyl halides is 2. The van der Waals surface area contributed by atoms with E-state index in [1.54, 1.807) is 7.05 Å². The average Bonchev–Trinajstić information content (AvgIpc) is 2.90. The minimum absolute atomic E-state index is 0.135. The first kappa shape index (κ1) is 29.4. The van der Waals surface area contributed by atoms with Gasteiger partial charge < -0.3 is 14.4 Å². The number of benzene rings is 1. The van der Waals surface area contributed by atoms with Crippen molar-refractivity contribution in [3.63, 3.8) is 0 Å². The van der Waals surface area contributed by atoms with E-state index in [0.29, 0.717) is 24.7 Å². The Balaban J connectivity index is 1.43. The molecule has 1 amide bonds. The van der Waals surface area contributed by atoms with E-state index in [0.717, 1.165) is 24.8 Å². The van der Waals surface area contributed by atoms with Crippen molar-refractivity contribution in [2.24, 2.45) is 23.7 Å². The first-order valence-corrected chi connectivity index (χ1v) is 14.1. The highest BCUT2D eigenvalue weighted by Gasteiger charge is 2.45. The van der Waals surface area contributed by atoms with Gasteiger partial charge in [-0.1, -0.05) is 52.0 Å². The average molecular weight is 524 g/mol. The lowest BCUT2D eigenvalue weighted by Gasteiger charge is -2.39. The van der Waals surface area contributed by atoms with E-state index >= 15 is 0 Å². The fourth-order valence-corrected chi connectivity index (χ4v) is 6.01. The second-order valence-corrected chi connectivity index (χ2v) is 11.0.